The van der Waals surface area contributed by atoms with Crippen LogP contribution >= 0.6 is 0 Å². The van der Waals surface area contributed by atoms with Crippen molar-refractivity contribution in [1.29, 1.82) is 0 Å². The summed E-state index contributed by atoms with van der Waals surface area (Å²) in [6.07, 6.45) is 0.00980. The number of carbonyl (C=O) groups excluding carboxylic acids is 1. The van der Waals surface area contributed by atoms with Gasteiger partial charge in [0.25, 0.3) is 5.91 Å². The van der Waals surface area contributed by atoms with Crippen LogP contribution in [0.4, 0.5) is 5.69 Å². The van der Waals surface area contributed by atoms with E-state index in [9.17, 15) is 4.79 Å². The minimum atomic E-state index is -0.265. The van der Waals surface area contributed by atoms with E-state index in [1.54, 1.807) is 31.4 Å². The maximum atomic E-state index is 12.8. The average Bonchev–Trinajstić information content (AvgIpc) is 2.70. The van der Waals surface area contributed by atoms with Crippen molar-refractivity contribution >= 4 is 11.6 Å². The molecule has 0 saturated carbocycles. The van der Waals surface area contributed by atoms with Crippen LogP contribution in [-0.4, -0.2) is 19.1 Å². The predicted molar refractivity (Wildman–Crippen MR) is 110 cm³/mol. The summed E-state index contributed by atoms with van der Waals surface area (Å²) in [7, 11) is 1.55. The molecule has 3 aromatic rings. The Hall–Kier alpha value is -3.47. The van der Waals surface area contributed by atoms with Gasteiger partial charge in [-0.3, -0.25) is 4.79 Å². The van der Waals surface area contributed by atoms with Crippen LogP contribution in [0.25, 0.3) is 0 Å². The van der Waals surface area contributed by atoms with E-state index >= 15 is 0 Å². The molecule has 0 aliphatic carbocycles. The van der Waals surface area contributed by atoms with Gasteiger partial charge in [0.15, 0.2) is 17.2 Å². The van der Waals surface area contributed by atoms with Gasteiger partial charge < -0.3 is 19.5 Å². The van der Waals surface area contributed by atoms with Crippen molar-refractivity contribution < 1.29 is 19.0 Å². The summed E-state index contributed by atoms with van der Waals surface area (Å²) in [5.74, 6) is 2.10. The van der Waals surface area contributed by atoms with Crippen molar-refractivity contribution in [2.75, 3.05) is 12.4 Å². The number of benzene rings is 3. The quantitative estimate of drug-likeness (QED) is 0.588. The number of anilines is 1. The van der Waals surface area contributed by atoms with Gasteiger partial charge in [-0.2, -0.15) is 0 Å². The predicted octanol–water partition coefficient (Wildman–Crippen LogP) is 5.53. The van der Waals surface area contributed by atoms with E-state index in [0.717, 1.165) is 0 Å². The van der Waals surface area contributed by atoms with E-state index < -0.39 is 0 Å². The Labute approximate surface area is 164 Å². The Bertz CT molecular complexity index is 938. The number of nitrogens with one attached hydrogen (secondary N) is 1. The van der Waals surface area contributed by atoms with Crippen LogP contribution in [-0.2, 0) is 0 Å². The highest BCUT2D eigenvalue weighted by atomic mass is 16.5. The second-order valence-corrected chi connectivity index (χ2v) is 6.40. The summed E-state index contributed by atoms with van der Waals surface area (Å²) >= 11 is 0. The fraction of sp³-hybridized carbons (Fsp3) is 0.174. The van der Waals surface area contributed by atoms with Gasteiger partial charge in [-0.25, -0.2) is 0 Å². The van der Waals surface area contributed by atoms with Gasteiger partial charge in [0.2, 0.25) is 0 Å². The molecule has 0 saturated heterocycles. The molecule has 0 aliphatic rings. The summed E-state index contributed by atoms with van der Waals surface area (Å²) in [5, 5.41) is 2.90. The summed E-state index contributed by atoms with van der Waals surface area (Å²) in [5.41, 5.74) is 1.04. The first-order valence-electron chi connectivity index (χ1n) is 9.05. The van der Waals surface area contributed by atoms with Gasteiger partial charge in [-0.1, -0.05) is 30.3 Å². The highest BCUT2D eigenvalue weighted by Gasteiger charge is 2.14. The molecule has 0 heterocycles. The lowest BCUT2D eigenvalue weighted by Gasteiger charge is -2.15. The van der Waals surface area contributed by atoms with Crippen molar-refractivity contribution in [1.82, 2.24) is 0 Å². The zero-order chi connectivity index (χ0) is 19.9. The first kappa shape index (κ1) is 19.3. The number of para-hydroxylation sites is 3. The normalized spacial score (nSPS) is 10.4. The summed E-state index contributed by atoms with van der Waals surface area (Å²) in [4.78, 5) is 12.8. The van der Waals surface area contributed by atoms with E-state index in [-0.39, 0.29) is 12.0 Å². The zero-order valence-electron chi connectivity index (χ0n) is 16.1. The maximum Gasteiger partial charge on any atom is 0.255 e. The highest BCUT2D eigenvalue weighted by molar-refractivity contribution is 6.05. The maximum absolute atomic E-state index is 12.8. The molecule has 3 aromatic carbocycles. The molecule has 0 aliphatic heterocycles. The molecule has 0 spiro atoms. The standard InChI is InChI=1S/C23H23NO4/c1-16(2)27-21-14-13-17(15-22(21)26-3)23(25)24-19-11-7-8-12-20(19)28-18-9-5-4-6-10-18/h4-16H,1-3H3,(H,24,25). The van der Waals surface area contributed by atoms with Crippen molar-refractivity contribution in [2.45, 2.75) is 20.0 Å². The summed E-state index contributed by atoms with van der Waals surface area (Å²) in [6.45, 7) is 3.87. The largest absolute Gasteiger partial charge is 0.493 e. The summed E-state index contributed by atoms with van der Waals surface area (Å²) < 4.78 is 17.0. The highest BCUT2D eigenvalue weighted by Crippen LogP contribution is 2.31. The molecule has 0 bridgehead atoms. The fourth-order valence-corrected chi connectivity index (χ4v) is 2.63. The van der Waals surface area contributed by atoms with Crippen LogP contribution in [0.1, 0.15) is 24.2 Å². The number of amides is 1. The van der Waals surface area contributed by atoms with Gasteiger partial charge in [0.05, 0.1) is 18.9 Å². The molecule has 0 unspecified atom stereocenters. The van der Waals surface area contributed by atoms with E-state index in [0.29, 0.717) is 34.2 Å². The number of carbonyl (C=O) groups is 1. The molecular weight excluding hydrogens is 354 g/mol. The number of rotatable bonds is 7. The lowest BCUT2D eigenvalue weighted by molar-refractivity contribution is 0.102. The smallest absolute Gasteiger partial charge is 0.255 e. The minimum absolute atomic E-state index is 0.00980. The van der Waals surface area contributed by atoms with Gasteiger partial charge in [0, 0.05) is 5.56 Å². The third-order valence-electron chi connectivity index (χ3n) is 3.89. The van der Waals surface area contributed by atoms with Crippen LogP contribution in [0.5, 0.6) is 23.0 Å². The van der Waals surface area contributed by atoms with Gasteiger partial charge in [0.1, 0.15) is 5.75 Å². The first-order valence-corrected chi connectivity index (χ1v) is 9.05. The molecule has 0 fully saturated rings. The van der Waals surface area contributed by atoms with Gasteiger partial charge in [-0.15, -0.1) is 0 Å². The Kier molecular flexibility index (Phi) is 6.17. The van der Waals surface area contributed by atoms with E-state index in [1.807, 2.05) is 62.4 Å². The number of methoxy groups -OCH3 is 1. The van der Waals surface area contributed by atoms with Crippen molar-refractivity contribution in [2.24, 2.45) is 0 Å². The Morgan fingerprint density at radius 3 is 2.29 bits per heavy atom. The van der Waals surface area contributed by atoms with Gasteiger partial charge in [-0.05, 0) is 56.3 Å². The minimum Gasteiger partial charge on any atom is -0.493 e. The summed E-state index contributed by atoms with van der Waals surface area (Å²) in [6, 6.07) is 21.8. The second-order valence-electron chi connectivity index (χ2n) is 6.40. The van der Waals surface area contributed by atoms with Gasteiger partial charge >= 0.3 is 0 Å². The molecule has 0 aromatic heterocycles. The van der Waals surface area contributed by atoms with E-state index in [4.69, 9.17) is 14.2 Å². The van der Waals surface area contributed by atoms with Crippen LogP contribution in [0.15, 0.2) is 72.8 Å². The molecule has 28 heavy (non-hydrogen) atoms. The van der Waals surface area contributed by atoms with E-state index in [1.165, 1.54) is 0 Å². The van der Waals surface area contributed by atoms with Crippen LogP contribution in [0.3, 0.4) is 0 Å². The molecule has 0 atom stereocenters. The molecule has 3 rings (SSSR count). The molecule has 0 radical (unpaired) electrons. The number of hydrogen-bond donors (Lipinski definition) is 1. The van der Waals surface area contributed by atoms with E-state index in [2.05, 4.69) is 5.32 Å². The molecule has 5 nitrogen and oxygen atoms in total. The van der Waals surface area contributed by atoms with Crippen LogP contribution < -0.4 is 19.5 Å². The van der Waals surface area contributed by atoms with Crippen molar-refractivity contribution in [3.63, 3.8) is 0 Å². The Balaban J connectivity index is 1.80. The monoisotopic (exact) mass is 377 g/mol. The number of hydrogen-bond acceptors (Lipinski definition) is 4. The molecule has 1 N–H and O–H groups in total. The zero-order valence-corrected chi connectivity index (χ0v) is 16.1. The first-order chi connectivity index (χ1) is 13.6. The average molecular weight is 377 g/mol. The molecule has 144 valence electrons. The number of ether oxygens (including phenoxy) is 3. The lowest BCUT2D eigenvalue weighted by atomic mass is 10.1. The van der Waals surface area contributed by atoms with Crippen LogP contribution in [0, 0.1) is 0 Å². The molecule has 5 heteroatoms. The Morgan fingerprint density at radius 2 is 1.57 bits per heavy atom. The lowest BCUT2D eigenvalue weighted by Crippen LogP contribution is -2.13. The fourth-order valence-electron chi connectivity index (χ4n) is 2.63. The second kappa shape index (κ2) is 8.95. The third kappa shape index (κ3) is 4.82. The third-order valence-corrected chi connectivity index (χ3v) is 3.89. The van der Waals surface area contributed by atoms with Crippen LogP contribution in [0.2, 0.25) is 0 Å². The molecular formula is C23H23NO4. The SMILES string of the molecule is COc1cc(C(=O)Nc2ccccc2Oc2ccccc2)ccc1OC(C)C. The molecule has 1 amide bonds. The Morgan fingerprint density at radius 1 is 0.857 bits per heavy atom. The van der Waals surface area contributed by atoms with Crippen molar-refractivity contribution in [3.8, 4) is 23.0 Å². The topological polar surface area (TPSA) is 56.8 Å². The van der Waals surface area contributed by atoms with Crippen molar-refractivity contribution in [3.05, 3.63) is 78.4 Å².